The zero-order valence-electron chi connectivity index (χ0n) is 9.97. The van der Waals surface area contributed by atoms with Gasteiger partial charge in [-0.25, -0.2) is 4.79 Å². The average Bonchev–Trinajstić information content (AvgIpc) is 2.36. The zero-order valence-corrected chi connectivity index (χ0v) is 10.8. The molecule has 1 atom stereocenters. The Balaban J connectivity index is 2.51. The van der Waals surface area contributed by atoms with Gasteiger partial charge in [0, 0.05) is 4.90 Å². The van der Waals surface area contributed by atoms with Crippen LogP contribution in [0.1, 0.15) is 18.5 Å². The molecule has 1 unspecified atom stereocenters. The Morgan fingerprint density at radius 2 is 2.12 bits per heavy atom. The van der Waals surface area contributed by atoms with E-state index >= 15 is 0 Å². The number of alkyl carbamates (subject to hydrolysis) is 1. The van der Waals surface area contributed by atoms with Crippen LogP contribution in [0.4, 0.5) is 4.79 Å². The third kappa shape index (κ3) is 4.66. The normalized spacial score (nSPS) is 11.9. The Hall–Kier alpha value is -1.20. The van der Waals surface area contributed by atoms with Crippen molar-refractivity contribution in [1.82, 2.24) is 5.32 Å². The van der Waals surface area contributed by atoms with Crippen LogP contribution in [0.25, 0.3) is 0 Å². The van der Waals surface area contributed by atoms with Gasteiger partial charge in [-0.2, -0.15) is 0 Å². The summed E-state index contributed by atoms with van der Waals surface area (Å²) in [7, 11) is 0. The van der Waals surface area contributed by atoms with E-state index in [1.807, 2.05) is 37.4 Å². The first kappa shape index (κ1) is 13.9. The topological polar surface area (TPSA) is 58.6 Å². The number of amides is 1. The number of ether oxygens (including phenoxy) is 1. The van der Waals surface area contributed by atoms with Crippen LogP contribution in [-0.4, -0.2) is 30.7 Å². The molecule has 2 N–H and O–H groups in total. The molecule has 17 heavy (non-hydrogen) atoms. The molecule has 0 radical (unpaired) electrons. The van der Waals surface area contributed by atoms with Crippen LogP contribution < -0.4 is 5.32 Å². The lowest BCUT2D eigenvalue weighted by Crippen LogP contribution is -2.28. The first-order valence-corrected chi connectivity index (χ1v) is 6.58. The van der Waals surface area contributed by atoms with Crippen molar-refractivity contribution in [2.45, 2.75) is 17.9 Å². The molecule has 0 saturated carbocycles. The molecule has 0 aliphatic rings. The fourth-order valence-corrected chi connectivity index (χ4v) is 1.74. The number of hydrogen-bond acceptors (Lipinski definition) is 4. The van der Waals surface area contributed by atoms with E-state index in [-0.39, 0.29) is 19.3 Å². The van der Waals surface area contributed by atoms with E-state index in [4.69, 9.17) is 9.84 Å². The minimum atomic E-state index is -0.513. The molecule has 0 aliphatic heterocycles. The maximum atomic E-state index is 11.3. The van der Waals surface area contributed by atoms with Gasteiger partial charge in [-0.3, -0.25) is 0 Å². The second-order valence-corrected chi connectivity index (χ2v) is 4.38. The van der Waals surface area contributed by atoms with Gasteiger partial charge in [0.25, 0.3) is 0 Å². The van der Waals surface area contributed by atoms with E-state index in [1.165, 1.54) is 4.90 Å². The smallest absolute Gasteiger partial charge is 0.407 e. The van der Waals surface area contributed by atoms with Crippen LogP contribution in [0.5, 0.6) is 0 Å². The van der Waals surface area contributed by atoms with Crippen molar-refractivity contribution in [1.29, 1.82) is 0 Å². The summed E-state index contributed by atoms with van der Waals surface area (Å²) in [5, 5.41) is 11.2. The van der Waals surface area contributed by atoms with Gasteiger partial charge < -0.3 is 15.2 Å². The van der Waals surface area contributed by atoms with E-state index in [1.54, 1.807) is 11.8 Å². The maximum Gasteiger partial charge on any atom is 0.407 e. The highest BCUT2D eigenvalue weighted by Crippen LogP contribution is 2.18. The van der Waals surface area contributed by atoms with E-state index in [9.17, 15) is 4.79 Å². The third-order valence-electron chi connectivity index (χ3n) is 2.27. The molecule has 1 amide bonds. The Morgan fingerprint density at radius 1 is 1.47 bits per heavy atom. The van der Waals surface area contributed by atoms with Gasteiger partial charge in [0.2, 0.25) is 0 Å². The van der Waals surface area contributed by atoms with Gasteiger partial charge in [-0.05, 0) is 30.9 Å². The summed E-state index contributed by atoms with van der Waals surface area (Å²) in [4.78, 5) is 12.4. The second-order valence-electron chi connectivity index (χ2n) is 3.50. The number of carbonyl (C=O) groups excluding carboxylic acids is 1. The van der Waals surface area contributed by atoms with Gasteiger partial charge >= 0.3 is 6.09 Å². The molecule has 0 saturated heterocycles. The molecule has 1 rings (SSSR count). The Bertz CT molecular complexity index is 353. The summed E-state index contributed by atoms with van der Waals surface area (Å²) in [5.41, 5.74) is 1.02. The van der Waals surface area contributed by atoms with Crippen LogP contribution in [0.3, 0.4) is 0 Å². The van der Waals surface area contributed by atoms with Gasteiger partial charge in [0.1, 0.15) is 6.61 Å². The Labute approximate surface area is 105 Å². The quantitative estimate of drug-likeness (QED) is 0.792. The van der Waals surface area contributed by atoms with Crippen molar-refractivity contribution in [3.63, 3.8) is 0 Å². The fraction of sp³-hybridized carbons (Fsp3) is 0.417. The number of nitrogens with one attached hydrogen (secondary N) is 1. The fourth-order valence-electron chi connectivity index (χ4n) is 1.33. The van der Waals surface area contributed by atoms with Crippen molar-refractivity contribution in [3.05, 3.63) is 29.8 Å². The lowest BCUT2D eigenvalue weighted by atomic mass is 10.1. The van der Waals surface area contributed by atoms with Crippen LogP contribution in [0, 0.1) is 0 Å². The van der Waals surface area contributed by atoms with Crippen molar-refractivity contribution >= 4 is 17.9 Å². The summed E-state index contributed by atoms with van der Waals surface area (Å²) < 4.78 is 4.72. The molecule has 94 valence electrons. The molecule has 0 aliphatic carbocycles. The molecule has 1 aromatic carbocycles. The van der Waals surface area contributed by atoms with Crippen molar-refractivity contribution in [2.24, 2.45) is 0 Å². The molecule has 5 heteroatoms. The van der Waals surface area contributed by atoms with Gasteiger partial charge in [-0.15, -0.1) is 11.8 Å². The minimum Gasteiger partial charge on any atom is -0.447 e. The molecular formula is C12H17NO3S. The van der Waals surface area contributed by atoms with Gasteiger partial charge in [-0.1, -0.05) is 12.1 Å². The highest BCUT2D eigenvalue weighted by Gasteiger charge is 2.09. The van der Waals surface area contributed by atoms with Crippen molar-refractivity contribution < 1.29 is 14.6 Å². The van der Waals surface area contributed by atoms with E-state index in [0.29, 0.717) is 0 Å². The van der Waals surface area contributed by atoms with Crippen LogP contribution >= 0.6 is 11.8 Å². The van der Waals surface area contributed by atoms with E-state index < -0.39 is 6.09 Å². The monoisotopic (exact) mass is 255 g/mol. The lowest BCUT2D eigenvalue weighted by Gasteiger charge is -2.14. The predicted octanol–water partition coefficient (Wildman–Crippen LogP) is 2.19. The Kier molecular flexibility index (Phi) is 5.86. The number of aliphatic hydroxyl groups is 1. The summed E-state index contributed by atoms with van der Waals surface area (Å²) in [6.45, 7) is 1.74. The van der Waals surface area contributed by atoms with E-state index in [2.05, 4.69) is 5.32 Å². The molecule has 0 heterocycles. The number of benzene rings is 1. The van der Waals surface area contributed by atoms with Crippen LogP contribution in [0.2, 0.25) is 0 Å². The first-order valence-electron chi connectivity index (χ1n) is 5.35. The summed E-state index contributed by atoms with van der Waals surface area (Å²) >= 11 is 1.67. The second kappa shape index (κ2) is 7.19. The highest BCUT2D eigenvalue weighted by molar-refractivity contribution is 7.98. The van der Waals surface area contributed by atoms with Gasteiger partial charge in [0.05, 0.1) is 12.6 Å². The first-order chi connectivity index (χ1) is 8.17. The predicted molar refractivity (Wildman–Crippen MR) is 68.2 cm³/mol. The molecule has 1 aromatic rings. The molecule has 0 bridgehead atoms. The maximum absolute atomic E-state index is 11.3. The lowest BCUT2D eigenvalue weighted by molar-refractivity contribution is 0.116. The third-order valence-corrected chi connectivity index (χ3v) is 3.02. The van der Waals surface area contributed by atoms with Crippen LogP contribution in [-0.2, 0) is 4.74 Å². The number of thioether (sulfide) groups is 1. The summed E-state index contributed by atoms with van der Waals surface area (Å²) in [5.74, 6) is 0. The SMILES string of the molecule is CSc1ccc(C(C)NC(=O)OCCO)cc1. The standard InChI is InChI=1S/C12H17NO3S/c1-9(13-12(15)16-8-7-14)10-3-5-11(17-2)6-4-10/h3-6,9,14H,7-8H2,1-2H3,(H,13,15). The Morgan fingerprint density at radius 3 is 2.65 bits per heavy atom. The molecular weight excluding hydrogens is 238 g/mol. The number of aliphatic hydroxyl groups excluding tert-OH is 1. The molecule has 0 fully saturated rings. The number of hydrogen-bond donors (Lipinski definition) is 2. The minimum absolute atomic E-state index is 0.0178. The number of rotatable bonds is 5. The highest BCUT2D eigenvalue weighted by atomic mass is 32.2. The van der Waals surface area contributed by atoms with Crippen molar-refractivity contribution in [3.8, 4) is 0 Å². The molecule has 0 spiro atoms. The van der Waals surface area contributed by atoms with Crippen LogP contribution in [0.15, 0.2) is 29.2 Å². The summed E-state index contributed by atoms with van der Waals surface area (Å²) in [6.07, 6.45) is 1.50. The average molecular weight is 255 g/mol. The molecule has 0 aromatic heterocycles. The van der Waals surface area contributed by atoms with Crippen molar-refractivity contribution in [2.75, 3.05) is 19.5 Å². The van der Waals surface area contributed by atoms with Gasteiger partial charge in [0.15, 0.2) is 0 Å². The van der Waals surface area contributed by atoms with E-state index in [0.717, 1.165) is 5.56 Å². The molecule has 4 nitrogen and oxygen atoms in total. The number of carbonyl (C=O) groups is 1. The zero-order chi connectivity index (χ0) is 12.7. The largest absolute Gasteiger partial charge is 0.447 e. The summed E-state index contributed by atoms with van der Waals surface area (Å²) in [6, 6.07) is 7.86.